The van der Waals surface area contributed by atoms with Crippen molar-refractivity contribution < 1.29 is 43.5 Å². The van der Waals surface area contributed by atoms with Gasteiger partial charge in [-0.3, -0.25) is 9.59 Å². The number of aliphatic hydroxyl groups is 2. The molecule has 252 valence electrons. The second-order valence-electron chi connectivity index (χ2n) is 17.1. The molecule has 0 radical (unpaired) electrons. The smallest absolute Gasteiger partial charge is 0.303 e. The van der Waals surface area contributed by atoms with Crippen LogP contribution in [0.15, 0.2) is 0 Å². The average molecular weight is 623 g/mol. The van der Waals surface area contributed by atoms with Gasteiger partial charge in [0.1, 0.15) is 12.2 Å². The van der Waals surface area contributed by atoms with Crippen LogP contribution in [-0.4, -0.2) is 80.7 Å². The maximum atomic E-state index is 12.7. The number of carbonyl (C=O) groups excluding carboxylic acids is 2. The van der Waals surface area contributed by atoms with Gasteiger partial charge in [-0.1, -0.05) is 13.8 Å². The summed E-state index contributed by atoms with van der Waals surface area (Å²) in [6.07, 6.45) is 2.89. The Kier molecular flexibility index (Phi) is 8.23. The molecule has 5 rings (SSSR count). The first-order valence-corrected chi connectivity index (χ1v) is 16.8. The average Bonchev–Trinajstić information content (AvgIpc) is 3.36. The Balaban J connectivity index is 1.55. The van der Waals surface area contributed by atoms with Gasteiger partial charge in [-0.05, 0) is 105 Å². The lowest BCUT2D eigenvalue weighted by Gasteiger charge is -2.57. The molecule has 0 amide bonds. The van der Waals surface area contributed by atoms with E-state index >= 15 is 0 Å². The largest absolute Gasteiger partial charge is 0.458 e. The second kappa shape index (κ2) is 10.6. The number of carbonyl (C=O) groups is 2. The molecule has 3 saturated heterocycles. The fourth-order valence-electron chi connectivity index (χ4n) is 10.6. The van der Waals surface area contributed by atoms with E-state index in [-0.39, 0.29) is 18.1 Å². The zero-order valence-corrected chi connectivity index (χ0v) is 29.0. The Bertz CT molecular complexity index is 1150. The van der Waals surface area contributed by atoms with Gasteiger partial charge in [0.15, 0.2) is 0 Å². The summed E-state index contributed by atoms with van der Waals surface area (Å²) in [6, 6.07) is 0. The van der Waals surface area contributed by atoms with Gasteiger partial charge >= 0.3 is 11.9 Å². The van der Waals surface area contributed by atoms with Crippen LogP contribution < -0.4 is 0 Å². The van der Waals surface area contributed by atoms with E-state index in [1.807, 2.05) is 20.8 Å². The third-order valence-corrected chi connectivity index (χ3v) is 13.0. The van der Waals surface area contributed by atoms with Gasteiger partial charge in [-0.15, -0.1) is 0 Å². The van der Waals surface area contributed by atoms with Crippen LogP contribution in [0.5, 0.6) is 0 Å². The van der Waals surface area contributed by atoms with E-state index in [9.17, 15) is 19.8 Å². The Labute approximate surface area is 264 Å². The summed E-state index contributed by atoms with van der Waals surface area (Å²) >= 11 is 0. The monoisotopic (exact) mass is 622 g/mol. The zero-order valence-electron chi connectivity index (χ0n) is 29.0. The number of hydrogen-bond acceptors (Lipinski definition) is 9. The third-order valence-electron chi connectivity index (χ3n) is 13.0. The molecule has 3 heterocycles. The standard InChI is InChI=1S/C35H58O9/c1-20(36)40-25-26(41-21(2)37)28(32(8)16-13-24-31(7,27(25)32)15-12-22(38)29(3,4)42-24)33(9,39)18-19-35(11)34(10)17-14-23(43-34)30(5,6)44-35/h22-28,38-39H,12-19H2,1-11H3/t22-,23-,24+,25+,26+,27+,28+,31-,32+,33+,34+,35+/m1/s1. The van der Waals surface area contributed by atoms with Crippen LogP contribution in [0, 0.1) is 22.7 Å². The molecule has 2 saturated carbocycles. The van der Waals surface area contributed by atoms with Gasteiger partial charge in [-0.2, -0.15) is 0 Å². The van der Waals surface area contributed by atoms with Crippen LogP contribution in [0.1, 0.15) is 128 Å². The molecule has 9 nitrogen and oxygen atoms in total. The molecule has 0 aromatic heterocycles. The van der Waals surface area contributed by atoms with Gasteiger partial charge in [0.25, 0.3) is 0 Å². The van der Waals surface area contributed by atoms with Gasteiger partial charge in [0.05, 0.1) is 46.3 Å². The first kappa shape index (κ1) is 34.1. The maximum absolute atomic E-state index is 12.7. The molecule has 2 bridgehead atoms. The van der Waals surface area contributed by atoms with Crippen molar-refractivity contribution in [3.63, 3.8) is 0 Å². The summed E-state index contributed by atoms with van der Waals surface area (Å²) in [7, 11) is 0. The first-order valence-electron chi connectivity index (χ1n) is 16.8. The SMILES string of the molecule is CC(=O)O[C@H]1[C@H](OC(C)=O)[C@H]([C@@](C)(O)CC[C@]2(C)OC(C)(C)[C@H]3CC[C@]2(C)O3)[C@@]2(C)CC[C@@H]3OC(C)(C)[C@H](O)CC[C@@]3(C)[C@H]12. The number of fused-ring (bicyclic) bond motifs is 5. The Hall–Kier alpha value is -1.26. The molecule has 5 aliphatic rings. The number of hydrogen-bond donors (Lipinski definition) is 2. The molecule has 2 aliphatic carbocycles. The number of aliphatic hydroxyl groups excluding tert-OH is 1. The van der Waals surface area contributed by atoms with E-state index in [1.165, 1.54) is 13.8 Å². The Morgan fingerprint density at radius 3 is 1.98 bits per heavy atom. The van der Waals surface area contributed by atoms with Gasteiger partial charge in [0, 0.05) is 31.1 Å². The van der Waals surface area contributed by atoms with Crippen LogP contribution >= 0.6 is 0 Å². The van der Waals surface area contributed by atoms with Crippen LogP contribution in [0.3, 0.4) is 0 Å². The Morgan fingerprint density at radius 2 is 1.36 bits per heavy atom. The molecule has 2 N–H and O–H groups in total. The van der Waals surface area contributed by atoms with Crippen LogP contribution in [0.4, 0.5) is 0 Å². The predicted molar refractivity (Wildman–Crippen MR) is 164 cm³/mol. The van der Waals surface area contributed by atoms with Crippen molar-refractivity contribution in [1.29, 1.82) is 0 Å². The minimum Gasteiger partial charge on any atom is -0.458 e. The highest BCUT2D eigenvalue weighted by atomic mass is 16.6. The zero-order chi connectivity index (χ0) is 32.9. The maximum Gasteiger partial charge on any atom is 0.303 e. The summed E-state index contributed by atoms with van der Waals surface area (Å²) in [5, 5.41) is 23.7. The first-order chi connectivity index (χ1) is 20.0. The third kappa shape index (κ3) is 5.25. The molecule has 3 aliphatic heterocycles. The quantitative estimate of drug-likeness (QED) is 0.382. The molecule has 0 spiro atoms. The fraction of sp³-hybridized carbons (Fsp3) is 0.943. The summed E-state index contributed by atoms with van der Waals surface area (Å²) in [4.78, 5) is 25.3. The van der Waals surface area contributed by atoms with Crippen LogP contribution in [0.2, 0.25) is 0 Å². The highest BCUT2D eigenvalue weighted by Crippen LogP contribution is 2.68. The summed E-state index contributed by atoms with van der Waals surface area (Å²) in [5.41, 5.74) is -4.67. The molecule has 9 heteroatoms. The van der Waals surface area contributed by atoms with Gasteiger partial charge in [0.2, 0.25) is 0 Å². The van der Waals surface area contributed by atoms with E-state index < -0.39 is 75.0 Å². The number of rotatable bonds is 6. The van der Waals surface area contributed by atoms with E-state index in [2.05, 4.69) is 41.5 Å². The fourth-order valence-corrected chi connectivity index (χ4v) is 10.6. The molecule has 12 atom stereocenters. The molecular weight excluding hydrogens is 564 g/mol. The minimum absolute atomic E-state index is 0.0367. The molecule has 44 heavy (non-hydrogen) atoms. The summed E-state index contributed by atoms with van der Waals surface area (Å²) in [6.45, 7) is 21.1. The van der Waals surface area contributed by atoms with Gasteiger partial charge < -0.3 is 33.9 Å². The summed E-state index contributed by atoms with van der Waals surface area (Å²) in [5.74, 6) is -1.75. The molecule has 5 fully saturated rings. The highest BCUT2D eigenvalue weighted by molar-refractivity contribution is 5.67. The van der Waals surface area contributed by atoms with Crippen molar-refractivity contribution in [2.45, 2.75) is 186 Å². The Morgan fingerprint density at radius 1 is 0.795 bits per heavy atom. The molecule has 0 aromatic carbocycles. The molecule has 0 unspecified atom stereocenters. The number of ether oxygens (including phenoxy) is 5. The van der Waals surface area contributed by atoms with Crippen molar-refractivity contribution >= 4 is 11.9 Å². The lowest BCUT2D eigenvalue weighted by Crippen LogP contribution is -2.63. The van der Waals surface area contributed by atoms with Gasteiger partial charge in [-0.25, -0.2) is 0 Å². The molecule has 0 aromatic rings. The van der Waals surface area contributed by atoms with E-state index in [0.717, 1.165) is 12.8 Å². The minimum atomic E-state index is -1.31. The van der Waals surface area contributed by atoms with E-state index in [1.54, 1.807) is 0 Å². The van der Waals surface area contributed by atoms with E-state index in [4.69, 9.17) is 23.7 Å². The van der Waals surface area contributed by atoms with E-state index in [0.29, 0.717) is 38.5 Å². The topological polar surface area (TPSA) is 121 Å². The van der Waals surface area contributed by atoms with Crippen molar-refractivity contribution in [3.05, 3.63) is 0 Å². The molecular formula is C35H58O9. The lowest BCUT2D eigenvalue weighted by atomic mass is 9.51. The van der Waals surface area contributed by atoms with Crippen molar-refractivity contribution in [1.82, 2.24) is 0 Å². The van der Waals surface area contributed by atoms with Crippen LogP contribution in [0.25, 0.3) is 0 Å². The summed E-state index contributed by atoms with van der Waals surface area (Å²) < 4.78 is 32.3. The van der Waals surface area contributed by atoms with Crippen LogP contribution in [-0.2, 0) is 33.3 Å². The predicted octanol–water partition coefficient (Wildman–Crippen LogP) is 5.26. The van der Waals surface area contributed by atoms with Crippen molar-refractivity contribution in [2.24, 2.45) is 22.7 Å². The second-order valence-corrected chi connectivity index (χ2v) is 17.1. The highest BCUT2D eigenvalue weighted by Gasteiger charge is 2.73. The van der Waals surface area contributed by atoms with Crippen molar-refractivity contribution in [2.75, 3.05) is 0 Å². The van der Waals surface area contributed by atoms with Crippen molar-refractivity contribution in [3.8, 4) is 0 Å². The normalized spacial score (nSPS) is 48.8. The number of esters is 2. The lowest BCUT2D eigenvalue weighted by molar-refractivity contribution is -0.313.